The van der Waals surface area contributed by atoms with E-state index in [0.717, 1.165) is 4.68 Å². The monoisotopic (exact) mass is 232 g/mol. The first kappa shape index (κ1) is 12.4. The Bertz CT molecular complexity index is 353. The molecule has 90 valence electrons. The van der Waals surface area contributed by atoms with Crippen molar-refractivity contribution in [2.45, 2.75) is 32.4 Å². The second kappa shape index (κ2) is 5.43. The van der Waals surface area contributed by atoms with Crippen molar-refractivity contribution in [3.63, 3.8) is 0 Å². The maximum atomic E-state index is 12.0. The van der Waals surface area contributed by atoms with Gasteiger partial charge in [-0.15, -0.1) is 0 Å². The summed E-state index contributed by atoms with van der Waals surface area (Å²) in [6.07, 6.45) is 0.639. The second-order valence-corrected chi connectivity index (χ2v) is 3.56. The molecule has 0 bridgehead atoms. The molecule has 5 nitrogen and oxygen atoms in total. The molecule has 1 rings (SSSR count). The van der Waals surface area contributed by atoms with E-state index in [4.69, 9.17) is 5.73 Å². The van der Waals surface area contributed by atoms with Gasteiger partial charge in [-0.2, -0.15) is 5.10 Å². The van der Waals surface area contributed by atoms with E-state index in [-0.39, 0.29) is 12.5 Å². The van der Waals surface area contributed by atoms with Gasteiger partial charge in [-0.1, -0.05) is 0 Å². The number of carbonyl (C=O) groups excluding carboxylic acids is 1. The van der Waals surface area contributed by atoms with Gasteiger partial charge in [0.2, 0.25) is 5.91 Å². The summed E-state index contributed by atoms with van der Waals surface area (Å²) in [6, 6.07) is -0.151. The summed E-state index contributed by atoms with van der Waals surface area (Å²) < 4.78 is 25.2. The third-order valence-corrected chi connectivity index (χ3v) is 1.88. The van der Waals surface area contributed by atoms with Crippen molar-refractivity contribution in [3.8, 4) is 0 Å². The lowest BCUT2D eigenvalue weighted by Crippen LogP contribution is -2.23. The van der Waals surface area contributed by atoms with Gasteiger partial charge in [0, 0.05) is 18.7 Å². The van der Waals surface area contributed by atoms with Crippen LogP contribution in [0, 0.1) is 0 Å². The summed E-state index contributed by atoms with van der Waals surface area (Å²) in [7, 11) is 0. The molecule has 0 fully saturated rings. The molecule has 1 heterocycles. The molecule has 0 aliphatic carbocycles. The number of nitrogens with zero attached hydrogens (tertiary/aromatic N) is 2. The Kier molecular flexibility index (Phi) is 4.21. The topological polar surface area (TPSA) is 72.9 Å². The quantitative estimate of drug-likeness (QED) is 0.762. The average molecular weight is 232 g/mol. The number of halogens is 2. The molecule has 0 aromatic carbocycles. The molecule has 0 radical (unpaired) electrons. The normalized spacial score (nSPS) is 12.8. The Morgan fingerprint density at radius 2 is 2.38 bits per heavy atom. The van der Waals surface area contributed by atoms with E-state index in [1.54, 1.807) is 6.92 Å². The number of primary amides is 1. The van der Waals surface area contributed by atoms with E-state index in [1.165, 1.54) is 12.4 Å². The van der Waals surface area contributed by atoms with Crippen LogP contribution in [-0.4, -0.2) is 28.2 Å². The van der Waals surface area contributed by atoms with Crippen LogP contribution < -0.4 is 11.1 Å². The molecule has 1 unspecified atom stereocenters. The second-order valence-electron chi connectivity index (χ2n) is 3.56. The van der Waals surface area contributed by atoms with Crippen molar-refractivity contribution in [1.82, 2.24) is 9.78 Å². The Balaban J connectivity index is 2.48. The van der Waals surface area contributed by atoms with Crippen LogP contribution in [0.2, 0.25) is 0 Å². The first-order valence-electron chi connectivity index (χ1n) is 4.83. The lowest BCUT2D eigenvalue weighted by Gasteiger charge is -2.10. The third kappa shape index (κ3) is 4.24. The molecule has 1 aromatic rings. The molecule has 0 saturated carbocycles. The van der Waals surface area contributed by atoms with Gasteiger partial charge in [0.15, 0.2) is 0 Å². The minimum Gasteiger partial charge on any atom is -0.380 e. The zero-order valence-electron chi connectivity index (χ0n) is 8.86. The Morgan fingerprint density at radius 3 is 2.94 bits per heavy atom. The number of rotatable bonds is 6. The van der Waals surface area contributed by atoms with Gasteiger partial charge in [-0.05, 0) is 6.92 Å². The molecule has 1 amide bonds. The van der Waals surface area contributed by atoms with Crippen molar-refractivity contribution >= 4 is 11.6 Å². The summed E-state index contributed by atoms with van der Waals surface area (Å²) in [6.45, 7) is 1.33. The number of anilines is 1. The van der Waals surface area contributed by atoms with Gasteiger partial charge in [-0.25, -0.2) is 8.78 Å². The lowest BCUT2D eigenvalue weighted by molar-refractivity contribution is -0.118. The number of nitrogens with one attached hydrogen (secondary N) is 1. The number of carbonyl (C=O) groups is 1. The Hall–Kier alpha value is -1.66. The van der Waals surface area contributed by atoms with E-state index in [2.05, 4.69) is 10.4 Å². The predicted molar refractivity (Wildman–Crippen MR) is 55.1 cm³/mol. The van der Waals surface area contributed by atoms with Crippen LogP contribution in [-0.2, 0) is 11.3 Å². The minimum atomic E-state index is -2.43. The molecular formula is C9H14F2N4O. The Labute approximate surface area is 91.6 Å². The van der Waals surface area contributed by atoms with Crippen LogP contribution in [0.3, 0.4) is 0 Å². The van der Waals surface area contributed by atoms with Gasteiger partial charge in [0.05, 0.1) is 11.9 Å². The van der Waals surface area contributed by atoms with Crippen LogP contribution in [0.4, 0.5) is 14.5 Å². The van der Waals surface area contributed by atoms with Crippen LogP contribution in [0.1, 0.15) is 13.3 Å². The van der Waals surface area contributed by atoms with E-state index in [9.17, 15) is 13.6 Å². The highest BCUT2D eigenvalue weighted by Gasteiger charge is 2.09. The van der Waals surface area contributed by atoms with E-state index >= 15 is 0 Å². The fourth-order valence-electron chi connectivity index (χ4n) is 1.32. The number of hydrogen-bond acceptors (Lipinski definition) is 3. The van der Waals surface area contributed by atoms with Crippen molar-refractivity contribution in [1.29, 1.82) is 0 Å². The molecule has 1 atom stereocenters. The number of aromatic nitrogens is 2. The summed E-state index contributed by atoms with van der Waals surface area (Å²) in [5.74, 6) is -0.417. The number of nitrogens with two attached hydrogens (primary N) is 1. The average Bonchev–Trinajstić information content (AvgIpc) is 2.49. The fraction of sp³-hybridized carbons (Fsp3) is 0.556. The fourth-order valence-corrected chi connectivity index (χ4v) is 1.32. The minimum absolute atomic E-state index is 0.151. The summed E-state index contributed by atoms with van der Waals surface area (Å²) in [5.41, 5.74) is 5.61. The molecule has 0 aliphatic rings. The van der Waals surface area contributed by atoms with Crippen molar-refractivity contribution < 1.29 is 13.6 Å². The van der Waals surface area contributed by atoms with Crippen LogP contribution >= 0.6 is 0 Å². The van der Waals surface area contributed by atoms with Gasteiger partial charge < -0.3 is 11.1 Å². The van der Waals surface area contributed by atoms with E-state index < -0.39 is 18.9 Å². The highest BCUT2D eigenvalue weighted by molar-refractivity contribution is 5.74. The Morgan fingerprint density at radius 1 is 1.69 bits per heavy atom. The number of alkyl halides is 2. The SMILES string of the molecule is CC(CC(N)=O)Nc1cnn(CC(F)F)c1. The highest BCUT2D eigenvalue weighted by atomic mass is 19.3. The first-order chi connectivity index (χ1) is 7.47. The van der Waals surface area contributed by atoms with Gasteiger partial charge in [-0.3, -0.25) is 9.48 Å². The predicted octanol–water partition coefficient (Wildman–Crippen LogP) is 0.824. The van der Waals surface area contributed by atoms with Crippen molar-refractivity contribution in [3.05, 3.63) is 12.4 Å². The first-order valence-corrected chi connectivity index (χ1v) is 4.83. The van der Waals surface area contributed by atoms with E-state index in [1.807, 2.05) is 0 Å². The number of amides is 1. The molecule has 16 heavy (non-hydrogen) atoms. The summed E-state index contributed by atoms with van der Waals surface area (Å²) in [5, 5.41) is 6.68. The molecule has 0 saturated heterocycles. The number of hydrogen-bond donors (Lipinski definition) is 2. The zero-order chi connectivity index (χ0) is 12.1. The van der Waals surface area contributed by atoms with Gasteiger partial charge in [0.1, 0.15) is 6.54 Å². The maximum absolute atomic E-state index is 12.0. The zero-order valence-corrected chi connectivity index (χ0v) is 8.86. The lowest BCUT2D eigenvalue weighted by atomic mass is 10.2. The smallest absolute Gasteiger partial charge is 0.257 e. The van der Waals surface area contributed by atoms with Crippen LogP contribution in [0.15, 0.2) is 12.4 Å². The molecule has 1 aromatic heterocycles. The molecule has 3 N–H and O–H groups in total. The van der Waals surface area contributed by atoms with Gasteiger partial charge >= 0.3 is 0 Å². The molecule has 0 spiro atoms. The van der Waals surface area contributed by atoms with Crippen molar-refractivity contribution in [2.75, 3.05) is 5.32 Å². The largest absolute Gasteiger partial charge is 0.380 e. The van der Waals surface area contributed by atoms with Gasteiger partial charge in [0.25, 0.3) is 6.43 Å². The maximum Gasteiger partial charge on any atom is 0.257 e. The molecule has 7 heteroatoms. The summed E-state index contributed by atoms with van der Waals surface area (Å²) >= 11 is 0. The summed E-state index contributed by atoms with van der Waals surface area (Å²) in [4.78, 5) is 10.6. The highest BCUT2D eigenvalue weighted by Crippen LogP contribution is 2.09. The van der Waals surface area contributed by atoms with Crippen LogP contribution in [0.25, 0.3) is 0 Å². The van der Waals surface area contributed by atoms with E-state index in [0.29, 0.717) is 5.69 Å². The molecule has 0 aliphatic heterocycles. The third-order valence-electron chi connectivity index (χ3n) is 1.88. The standard InChI is InChI=1S/C9H14F2N4O/c1-6(2-9(12)16)14-7-3-13-15(4-7)5-8(10)11/h3-4,6,8,14H,2,5H2,1H3,(H2,12,16). The van der Waals surface area contributed by atoms with Crippen LogP contribution in [0.5, 0.6) is 0 Å². The molecular weight excluding hydrogens is 218 g/mol. The van der Waals surface area contributed by atoms with Crippen molar-refractivity contribution in [2.24, 2.45) is 5.73 Å².